The van der Waals surface area contributed by atoms with Crippen LogP contribution in [0.5, 0.6) is 11.5 Å². The lowest BCUT2D eigenvalue weighted by Gasteiger charge is -2.02. The Labute approximate surface area is 175 Å². The van der Waals surface area contributed by atoms with E-state index in [4.69, 9.17) is 7.66 Å². The van der Waals surface area contributed by atoms with Crippen molar-refractivity contribution in [1.29, 1.82) is 0 Å². The molecule has 0 fully saturated rings. The third-order valence-electron chi connectivity index (χ3n) is 2.94. The fraction of sp³-hybridized carbons (Fsp3) is 0. The average Bonchev–Trinajstić information content (AvgIpc) is 2.73. The van der Waals surface area contributed by atoms with Gasteiger partial charge < -0.3 is 22.2 Å². The molecular weight excluding hydrogens is 507 g/mol. The molecular formula is C14H9BBr2N4O7. The quantitative estimate of drug-likeness (QED) is 0.320. The summed E-state index contributed by atoms with van der Waals surface area (Å²) in [6.45, 7) is 0. The Morgan fingerprint density at radius 1 is 0.786 bits per heavy atom. The van der Waals surface area contributed by atoms with E-state index >= 15 is 0 Å². The number of benzene rings is 2. The number of para-hydroxylation sites is 2. The molecule has 14 heteroatoms. The molecule has 11 nitrogen and oxygen atoms in total. The van der Waals surface area contributed by atoms with Gasteiger partial charge in [-0.15, -0.1) is 0 Å². The summed E-state index contributed by atoms with van der Waals surface area (Å²) in [5.41, 5.74) is 0.195. The van der Waals surface area contributed by atoms with Gasteiger partial charge in [0.1, 0.15) is 11.5 Å². The minimum atomic E-state index is -2.06. The summed E-state index contributed by atoms with van der Waals surface area (Å²) in [6.07, 6.45) is 0. The highest BCUT2D eigenvalue weighted by atomic mass is 79.9. The van der Waals surface area contributed by atoms with Crippen LogP contribution in [0.3, 0.4) is 0 Å². The molecule has 0 heterocycles. The SMILES string of the molecule is O=C(N=NOB(O)ON=NC(=O)c1ccccc1OBr)c1ccccc1OBr. The van der Waals surface area contributed by atoms with E-state index in [0.717, 1.165) is 0 Å². The van der Waals surface area contributed by atoms with Crippen LogP contribution in [0, 0.1) is 0 Å². The van der Waals surface area contributed by atoms with Gasteiger partial charge in [-0.25, -0.2) is 0 Å². The van der Waals surface area contributed by atoms with Gasteiger partial charge in [0.25, 0.3) is 0 Å². The Bertz CT molecular complexity index is 828. The molecule has 0 aliphatic rings. The Hall–Kier alpha value is -2.84. The van der Waals surface area contributed by atoms with Crippen LogP contribution < -0.4 is 7.66 Å². The lowest BCUT2D eigenvalue weighted by atomic mass is 10.2. The van der Waals surface area contributed by atoms with Crippen molar-refractivity contribution >= 4 is 51.7 Å². The third-order valence-corrected chi connectivity index (χ3v) is 3.64. The third kappa shape index (κ3) is 6.11. The predicted molar refractivity (Wildman–Crippen MR) is 101 cm³/mol. The fourth-order valence-electron chi connectivity index (χ4n) is 1.75. The maximum atomic E-state index is 11.9. The van der Waals surface area contributed by atoms with Gasteiger partial charge in [0.05, 0.1) is 11.1 Å². The number of hydrogen-bond donors (Lipinski definition) is 1. The highest BCUT2D eigenvalue weighted by molar-refractivity contribution is 9.06. The first-order valence-electron chi connectivity index (χ1n) is 7.22. The van der Waals surface area contributed by atoms with E-state index in [2.05, 4.69) is 62.8 Å². The van der Waals surface area contributed by atoms with Crippen LogP contribution in [0.1, 0.15) is 20.7 Å². The molecule has 0 aromatic heterocycles. The van der Waals surface area contributed by atoms with Gasteiger partial charge in [0.15, 0.2) is 32.5 Å². The molecule has 28 heavy (non-hydrogen) atoms. The first kappa shape index (κ1) is 21.5. The van der Waals surface area contributed by atoms with E-state index < -0.39 is 19.1 Å². The molecule has 0 saturated carbocycles. The summed E-state index contributed by atoms with van der Waals surface area (Å²) in [6, 6.07) is 12.4. The largest absolute Gasteiger partial charge is 0.831 e. The Balaban J connectivity index is 1.86. The number of hydrogen-bond acceptors (Lipinski definition) is 9. The van der Waals surface area contributed by atoms with E-state index in [0.29, 0.717) is 0 Å². The molecule has 0 atom stereocenters. The van der Waals surface area contributed by atoms with Gasteiger partial charge in [-0.1, -0.05) is 34.5 Å². The van der Waals surface area contributed by atoms with E-state index in [9.17, 15) is 14.6 Å². The molecule has 0 aliphatic heterocycles. The second-order valence-electron chi connectivity index (χ2n) is 4.64. The lowest BCUT2D eigenvalue weighted by molar-refractivity contribution is 0.0910. The van der Waals surface area contributed by atoms with E-state index in [1.54, 1.807) is 24.3 Å². The summed E-state index contributed by atoms with van der Waals surface area (Å²) in [5.74, 6) is -1.18. The van der Waals surface area contributed by atoms with Crippen LogP contribution >= 0.6 is 32.5 Å². The number of carbonyl (C=O) groups excluding carboxylic acids is 2. The van der Waals surface area contributed by atoms with Gasteiger partial charge in [0, 0.05) is 10.6 Å². The molecule has 2 amide bonds. The maximum Gasteiger partial charge on any atom is 0.831 e. The molecule has 2 rings (SSSR count). The van der Waals surface area contributed by atoms with E-state index in [-0.39, 0.29) is 22.6 Å². The molecule has 1 N–H and O–H groups in total. The minimum Gasteiger partial charge on any atom is -0.417 e. The second-order valence-corrected chi connectivity index (χ2v) is 5.29. The molecule has 0 bridgehead atoms. The standard InChI is InChI=1S/C14H9BBr2N4O7/c16-25-11-7-3-1-5-9(11)13(22)18-20-27-15(24)28-21-19-14(23)10-6-2-4-8-12(10)26-17/h1-8,24H. The van der Waals surface area contributed by atoms with Crippen LogP contribution in [-0.2, 0) is 9.51 Å². The van der Waals surface area contributed by atoms with Crippen molar-refractivity contribution < 1.29 is 31.8 Å². The van der Waals surface area contributed by atoms with Crippen LogP contribution in [0.15, 0.2) is 69.3 Å². The summed E-state index contributed by atoms with van der Waals surface area (Å²) in [4.78, 5) is 23.7. The molecule has 0 saturated heterocycles. The first-order chi connectivity index (χ1) is 13.6. The van der Waals surface area contributed by atoms with Crippen LogP contribution in [0.4, 0.5) is 0 Å². The van der Waals surface area contributed by atoms with Crippen molar-refractivity contribution in [2.24, 2.45) is 20.8 Å². The number of amides is 2. The predicted octanol–water partition coefficient (Wildman–Crippen LogP) is 3.79. The molecule has 0 spiro atoms. The number of nitrogens with zero attached hydrogens (tertiary/aromatic N) is 4. The van der Waals surface area contributed by atoms with Crippen molar-refractivity contribution in [2.75, 3.05) is 0 Å². The summed E-state index contributed by atoms with van der Waals surface area (Å²) < 4.78 is 18.4. The summed E-state index contributed by atoms with van der Waals surface area (Å²) in [5, 5.41) is 21.9. The van der Waals surface area contributed by atoms with Gasteiger partial charge >= 0.3 is 19.1 Å². The monoisotopic (exact) mass is 514 g/mol. The average molecular weight is 516 g/mol. The number of halogens is 2. The second kappa shape index (κ2) is 11.1. The topological polar surface area (TPSA) is 141 Å². The minimum absolute atomic E-state index is 0.0973. The zero-order valence-corrected chi connectivity index (χ0v) is 16.8. The molecule has 144 valence electrons. The zero-order chi connectivity index (χ0) is 20.4. The zero-order valence-electron chi connectivity index (χ0n) is 13.6. The van der Waals surface area contributed by atoms with Crippen molar-refractivity contribution in [2.45, 2.75) is 0 Å². The first-order valence-corrected chi connectivity index (χ1v) is 8.52. The van der Waals surface area contributed by atoms with Gasteiger partial charge in [-0.3, -0.25) is 9.59 Å². The van der Waals surface area contributed by atoms with Gasteiger partial charge in [-0.05, 0) is 24.3 Å². The van der Waals surface area contributed by atoms with Crippen molar-refractivity contribution in [3.05, 3.63) is 59.7 Å². The van der Waals surface area contributed by atoms with Gasteiger partial charge in [-0.2, -0.15) is 0 Å². The Morgan fingerprint density at radius 2 is 1.18 bits per heavy atom. The lowest BCUT2D eigenvalue weighted by Crippen LogP contribution is -2.17. The molecule has 0 aliphatic carbocycles. The fourth-order valence-corrected chi connectivity index (χ4v) is 2.31. The molecule has 0 unspecified atom stereocenters. The number of carbonyl (C=O) groups is 2. The summed E-state index contributed by atoms with van der Waals surface area (Å²) >= 11 is 5.51. The molecule has 2 aromatic rings. The van der Waals surface area contributed by atoms with E-state index in [1.165, 1.54) is 24.3 Å². The van der Waals surface area contributed by atoms with Crippen LogP contribution in [0.25, 0.3) is 0 Å². The van der Waals surface area contributed by atoms with E-state index in [1.807, 2.05) is 0 Å². The summed E-state index contributed by atoms with van der Waals surface area (Å²) in [7, 11) is -2.06. The normalized spacial score (nSPS) is 10.7. The molecule has 2 aromatic carbocycles. The molecule has 0 radical (unpaired) electrons. The highest BCUT2D eigenvalue weighted by Gasteiger charge is 2.22. The van der Waals surface area contributed by atoms with Crippen molar-refractivity contribution in [3.63, 3.8) is 0 Å². The van der Waals surface area contributed by atoms with Gasteiger partial charge in [0.2, 0.25) is 0 Å². The highest BCUT2D eigenvalue weighted by Crippen LogP contribution is 2.21. The van der Waals surface area contributed by atoms with Crippen LogP contribution in [-0.4, -0.2) is 24.2 Å². The van der Waals surface area contributed by atoms with Crippen molar-refractivity contribution in [3.8, 4) is 11.5 Å². The smallest absolute Gasteiger partial charge is 0.417 e. The Morgan fingerprint density at radius 3 is 1.57 bits per heavy atom. The maximum absolute atomic E-state index is 11.9. The van der Waals surface area contributed by atoms with Crippen LogP contribution in [0.2, 0.25) is 0 Å². The Kier molecular flexibility index (Phi) is 8.52. The number of rotatable bonds is 8. The van der Waals surface area contributed by atoms with Crippen molar-refractivity contribution in [1.82, 2.24) is 0 Å².